The van der Waals surface area contributed by atoms with Crippen molar-refractivity contribution in [2.75, 3.05) is 24.7 Å². The number of nitro groups is 1. The Morgan fingerprint density at radius 2 is 1.85 bits per heavy atom. The Hall–Kier alpha value is -3.09. The number of aryl methyl sites for hydroxylation is 1. The monoisotopic (exact) mass is 356 g/mol. The van der Waals surface area contributed by atoms with Crippen LogP contribution in [-0.2, 0) is 11.2 Å². The molecule has 1 aliphatic heterocycles. The Kier molecular flexibility index (Phi) is 5.36. The van der Waals surface area contributed by atoms with E-state index >= 15 is 0 Å². The van der Waals surface area contributed by atoms with Crippen molar-refractivity contribution >= 4 is 17.3 Å². The summed E-state index contributed by atoms with van der Waals surface area (Å²) in [5.41, 5.74) is 1.57. The highest BCUT2D eigenvalue weighted by Crippen LogP contribution is 2.31. The van der Waals surface area contributed by atoms with Gasteiger partial charge in [0.1, 0.15) is 6.61 Å². The number of non-ortho nitro benzene ring substituents is 1. The molecular weight excluding hydrogens is 336 g/mol. The molecule has 0 saturated heterocycles. The molecule has 3 rings (SSSR count). The minimum atomic E-state index is -0.422. The number of para-hydroxylation sites is 2. The van der Waals surface area contributed by atoms with Gasteiger partial charge < -0.3 is 14.4 Å². The van der Waals surface area contributed by atoms with Crippen LogP contribution in [-0.4, -0.2) is 30.6 Å². The first-order valence-corrected chi connectivity index (χ1v) is 8.52. The highest BCUT2D eigenvalue weighted by molar-refractivity contribution is 5.96. The van der Waals surface area contributed by atoms with Gasteiger partial charge in [0.2, 0.25) is 5.91 Å². The van der Waals surface area contributed by atoms with Crippen molar-refractivity contribution in [3.63, 3.8) is 0 Å². The van der Waals surface area contributed by atoms with Crippen LogP contribution in [0.4, 0.5) is 11.4 Å². The van der Waals surface area contributed by atoms with Crippen LogP contribution in [0.1, 0.15) is 18.9 Å². The van der Waals surface area contributed by atoms with Gasteiger partial charge in [-0.25, -0.2) is 0 Å². The van der Waals surface area contributed by atoms with Crippen molar-refractivity contribution < 1.29 is 19.2 Å². The first-order valence-electron chi connectivity index (χ1n) is 8.52. The molecule has 0 aliphatic carbocycles. The first-order chi connectivity index (χ1) is 12.6. The summed E-state index contributed by atoms with van der Waals surface area (Å²) in [6.45, 7) is 3.10. The normalized spacial score (nSPS) is 13.3. The van der Waals surface area contributed by atoms with Gasteiger partial charge in [0.05, 0.1) is 18.1 Å². The minimum Gasteiger partial charge on any atom is -0.490 e. The maximum Gasteiger partial charge on any atom is 0.269 e. The van der Waals surface area contributed by atoms with Crippen LogP contribution in [0.15, 0.2) is 42.5 Å². The lowest BCUT2D eigenvalue weighted by Gasteiger charge is -2.29. The van der Waals surface area contributed by atoms with Gasteiger partial charge in [-0.15, -0.1) is 0 Å². The van der Waals surface area contributed by atoms with Crippen LogP contribution < -0.4 is 14.4 Å². The second-order valence-corrected chi connectivity index (χ2v) is 5.84. The quantitative estimate of drug-likeness (QED) is 0.561. The van der Waals surface area contributed by atoms with Gasteiger partial charge in [0.15, 0.2) is 11.5 Å². The van der Waals surface area contributed by atoms with E-state index in [9.17, 15) is 14.9 Å². The zero-order valence-electron chi connectivity index (χ0n) is 14.5. The molecule has 136 valence electrons. The summed E-state index contributed by atoms with van der Waals surface area (Å²) in [5.74, 6) is 1.28. The van der Waals surface area contributed by atoms with Crippen molar-refractivity contribution in [2.45, 2.75) is 19.8 Å². The summed E-state index contributed by atoms with van der Waals surface area (Å²) in [6.07, 6.45) is 0.851. The molecule has 0 fully saturated rings. The fraction of sp³-hybridized carbons (Fsp3) is 0.316. The molecule has 1 heterocycles. The van der Waals surface area contributed by atoms with Gasteiger partial charge >= 0.3 is 0 Å². The molecule has 0 unspecified atom stereocenters. The smallest absolute Gasteiger partial charge is 0.269 e. The lowest BCUT2D eigenvalue weighted by atomic mass is 10.0. The molecule has 2 aromatic rings. The zero-order chi connectivity index (χ0) is 18.5. The SMILES string of the molecule is CCOc1ccccc1OCCN1C(=O)CCc2cc([N+](=O)[O-])ccc21. The van der Waals surface area contributed by atoms with Crippen LogP contribution in [0, 0.1) is 10.1 Å². The molecule has 0 spiro atoms. The van der Waals surface area contributed by atoms with Gasteiger partial charge in [-0.3, -0.25) is 14.9 Å². The average molecular weight is 356 g/mol. The van der Waals surface area contributed by atoms with E-state index in [4.69, 9.17) is 9.47 Å². The number of fused-ring (bicyclic) bond motifs is 1. The minimum absolute atomic E-state index is 0.00644. The number of hydrogen-bond donors (Lipinski definition) is 0. The molecule has 1 amide bonds. The highest BCUT2D eigenvalue weighted by Gasteiger charge is 2.25. The zero-order valence-corrected chi connectivity index (χ0v) is 14.5. The highest BCUT2D eigenvalue weighted by atomic mass is 16.6. The third-order valence-electron chi connectivity index (χ3n) is 4.20. The lowest BCUT2D eigenvalue weighted by Crippen LogP contribution is -2.38. The van der Waals surface area contributed by atoms with E-state index in [1.807, 2.05) is 31.2 Å². The Morgan fingerprint density at radius 1 is 1.12 bits per heavy atom. The molecule has 7 heteroatoms. The van der Waals surface area contributed by atoms with Crippen LogP contribution in [0.3, 0.4) is 0 Å². The van der Waals surface area contributed by atoms with Crippen LogP contribution in [0.25, 0.3) is 0 Å². The van der Waals surface area contributed by atoms with Gasteiger partial charge in [0, 0.05) is 24.2 Å². The van der Waals surface area contributed by atoms with Crippen molar-refractivity contribution in [2.24, 2.45) is 0 Å². The Labute approximate surface area is 151 Å². The predicted molar refractivity (Wildman–Crippen MR) is 96.9 cm³/mol. The number of benzene rings is 2. The molecule has 0 radical (unpaired) electrons. The summed E-state index contributed by atoms with van der Waals surface area (Å²) in [4.78, 5) is 24.4. The predicted octanol–water partition coefficient (Wildman–Crippen LogP) is 3.35. The maximum atomic E-state index is 12.3. The molecule has 2 aromatic carbocycles. The fourth-order valence-corrected chi connectivity index (χ4v) is 3.00. The van der Waals surface area contributed by atoms with Crippen LogP contribution in [0.2, 0.25) is 0 Å². The summed E-state index contributed by atoms with van der Waals surface area (Å²) in [5, 5.41) is 10.9. The van der Waals surface area contributed by atoms with Crippen molar-refractivity contribution in [3.8, 4) is 11.5 Å². The van der Waals surface area contributed by atoms with Gasteiger partial charge in [0.25, 0.3) is 5.69 Å². The largest absolute Gasteiger partial charge is 0.490 e. The van der Waals surface area contributed by atoms with E-state index in [0.29, 0.717) is 49.8 Å². The molecule has 26 heavy (non-hydrogen) atoms. The van der Waals surface area contributed by atoms with Gasteiger partial charge in [-0.2, -0.15) is 0 Å². The summed E-state index contributed by atoms with van der Waals surface area (Å²) >= 11 is 0. The van der Waals surface area contributed by atoms with E-state index < -0.39 is 4.92 Å². The molecular formula is C19H20N2O5. The molecule has 0 bridgehead atoms. The Balaban J connectivity index is 1.71. The number of nitrogens with zero attached hydrogens (tertiary/aromatic N) is 2. The fourth-order valence-electron chi connectivity index (χ4n) is 3.00. The number of nitro benzene ring substituents is 1. The Bertz CT molecular complexity index is 821. The number of ether oxygens (including phenoxy) is 2. The second-order valence-electron chi connectivity index (χ2n) is 5.84. The summed E-state index contributed by atoms with van der Waals surface area (Å²) in [6, 6.07) is 12.0. The molecule has 0 aromatic heterocycles. The number of amides is 1. The number of carbonyl (C=O) groups excluding carboxylic acids is 1. The van der Waals surface area contributed by atoms with Crippen LogP contribution in [0.5, 0.6) is 11.5 Å². The third-order valence-corrected chi connectivity index (χ3v) is 4.20. The summed E-state index contributed by atoms with van der Waals surface area (Å²) in [7, 11) is 0. The molecule has 0 saturated carbocycles. The molecule has 1 aliphatic rings. The van der Waals surface area contributed by atoms with Crippen LogP contribution >= 0.6 is 0 Å². The average Bonchev–Trinajstić information content (AvgIpc) is 2.64. The Morgan fingerprint density at radius 3 is 2.54 bits per heavy atom. The van der Waals surface area contributed by atoms with E-state index in [0.717, 1.165) is 5.56 Å². The summed E-state index contributed by atoms with van der Waals surface area (Å²) < 4.78 is 11.3. The number of hydrogen-bond acceptors (Lipinski definition) is 5. The topological polar surface area (TPSA) is 81.9 Å². The maximum absolute atomic E-state index is 12.3. The number of rotatable bonds is 7. The standard InChI is InChI=1S/C19H20N2O5/c1-2-25-17-5-3-4-6-18(17)26-12-11-20-16-9-8-15(21(23)24)13-14(16)7-10-19(20)22/h3-6,8-9,13H,2,7,10-12H2,1H3. The van der Waals surface area contributed by atoms with E-state index in [2.05, 4.69) is 0 Å². The number of carbonyl (C=O) groups is 1. The first kappa shape index (κ1) is 17.7. The second kappa shape index (κ2) is 7.86. The lowest BCUT2D eigenvalue weighted by molar-refractivity contribution is -0.384. The van der Waals surface area contributed by atoms with E-state index in [-0.39, 0.29) is 11.6 Å². The van der Waals surface area contributed by atoms with Crippen molar-refractivity contribution in [1.29, 1.82) is 0 Å². The van der Waals surface area contributed by atoms with Crippen molar-refractivity contribution in [3.05, 3.63) is 58.1 Å². The molecule has 0 N–H and O–H groups in total. The van der Waals surface area contributed by atoms with E-state index in [1.54, 1.807) is 17.0 Å². The van der Waals surface area contributed by atoms with Crippen molar-refractivity contribution in [1.82, 2.24) is 0 Å². The van der Waals surface area contributed by atoms with E-state index in [1.165, 1.54) is 6.07 Å². The molecule has 0 atom stereocenters. The number of anilines is 1. The molecule has 7 nitrogen and oxygen atoms in total. The third kappa shape index (κ3) is 3.77. The van der Waals surface area contributed by atoms with Gasteiger partial charge in [-0.1, -0.05) is 12.1 Å². The van der Waals surface area contributed by atoms with Gasteiger partial charge in [-0.05, 0) is 37.1 Å².